The molecule has 1 heterocycles. The van der Waals surface area contributed by atoms with Crippen LogP contribution in [0, 0.1) is 0 Å². The number of carboxylic acid groups (broad SMARTS) is 1. The Hall–Kier alpha value is -0.870. The van der Waals surface area contributed by atoms with Crippen molar-refractivity contribution in [1.82, 2.24) is 0 Å². The highest BCUT2D eigenvalue weighted by Crippen LogP contribution is 2.37. The van der Waals surface area contributed by atoms with Gasteiger partial charge in [0.15, 0.2) is 0 Å². The molecular formula is C12H11BrO2S. The van der Waals surface area contributed by atoms with Gasteiger partial charge in [0.25, 0.3) is 0 Å². The number of thiophene rings is 1. The van der Waals surface area contributed by atoms with Crippen LogP contribution in [-0.4, -0.2) is 11.1 Å². The van der Waals surface area contributed by atoms with Gasteiger partial charge < -0.3 is 5.11 Å². The molecular weight excluding hydrogens is 288 g/mol. The van der Waals surface area contributed by atoms with Crippen LogP contribution in [0.1, 0.15) is 18.7 Å². The Morgan fingerprint density at radius 2 is 2.12 bits per heavy atom. The van der Waals surface area contributed by atoms with Gasteiger partial charge in [0.2, 0.25) is 0 Å². The molecule has 0 atom stereocenters. The molecule has 0 saturated heterocycles. The van der Waals surface area contributed by atoms with Gasteiger partial charge in [-0.25, -0.2) is 0 Å². The minimum absolute atomic E-state index is 0.796. The van der Waals surface area contributed by atoms with Crippen LogP contribution >= 0.6 is 27.3 Å². The van der Waals surface area contributed by atoms with Crippen molar-refractivity contribution < 1.29 is 9.90 Å². The van der Waals surface area contributed by atoms with Gasteiger partial charge in [-0.3, -0.25) is 4.79 Å². The fourth-order valence-electron chi connectivity index (χ4n) is 1.44. The van der Waals surface area contributed by atoms with Crippen LogP contribution < -0.4 is 0 Å². The summed E-state index contributed by atoms with van der Waals surface area (Å²) >= 11 is 5.01. The van der Waals surface area contributed by atoms with Crippen molar-refractivity contribution in [1.29, 1.82) is 0 Å². The van der Waals surface area contributed by atoms with E-state index in [4.69, 9.17) is 0 Å². The number of fused-ring (bicyclic) bond motifs is 1. The van der Waals surface area contributed by atoms with Crippen molar-refractivity contribution in [3.8, 4) is 0 Å². The molecule has 0 radical (unpaired) electrons. The smallest absolute Gasteiger partial charge is 0.314 e. The van der Waals surface area contributed by atoms with Crippen LogP contribution in [0.2, 0.25) is 0 Å². The van der Waals surface area contributed by atoms with Crippen molar-refractivity contribution in [2.24, 2.45) is 0 Å². The molecule has 0 aliphatic carbocycles. The number of rotatable bonds is 2. The maximum absolute atomic E-state index is 11.2. The highest BCUT2D eigenvalue weighted by atomic mass is 79.9. The summed E-state index contributed by atoms with van der Waals surface area (Å²) in [5, 5.41) is 10.3. The van der Waals surface area contributed by atoms with Crippen molar-refractivity contribution in [2.45, 2.75) is 19.3 Å². The Kier molecular flexibility index (Phi) is 2.80. The average molecular weight is 299 g/mol. The Morgan fingerprint density at radius 1 is 1.44 bits per heavy atom. The van der Waals surface area contributed by atoms with E-state index in [1.807, 2.05) is 24.3 Å². The Balaban J connectivity index is 2.64. The highest BCUT2D eigenvalue weighted by Gasteiger charge is 2.31. The molecule has 2 rings (SSSR count). The maximum atomic E-state index is 11.2. The number of hydrogen-bond donors (Lipinski definition) is 1. The molecule has 1 aromatic carbocycles. The van der Waals surface area contributed by atoms with E-state index in [1.54, 1.807) is 13.8 Å². The fraction of sp³-hybridized carbons (Fsp3) is 0.250. The van der Waals surface area contributed by atoms with E-state index < -0.39 is 11.4 Å². The molecule has 16 heavy (non-hydrogen) atoms. The molecule has 0 amide bonds. The number of benzene rings is 1. The molecule has 0 spiro atoms. The first-order chi connectivity index (χ1) is 7.43. The third-order valence-corrected chi connectivity index (χ3v) is 5.08. The summed E-state index contributed by atoms with van der Waals surface area (Å²) in [6, 6.07) is 7.88. The molecule has 2 nitrogen and oxygen atoms in total. The van der Waals surface area contributed by atoms with E-state index in [-0.39, 0.29) is 0 Å². The Morgan fingerprint density at radius 3 is 2.69 bits per heavy atom. The van der Waals surface area contributed by atoms with Gasteiger partial charge in [-0.2, -0.15) is 0 Å². The van der Waals surface area contributed by atoms with E-state index in [2.05, 4.69) is 15.9 Å². The Bertz CT molecular complexity index is 557. The zero-order valence-corrected chi connectivity index (χ0v) is 11.4. The summed E-state index contributed by atoms with van der Waals surface area (Å²) in [4.78, 5) is 12.1. The largest absolute Gasteiger partial charge is 0.481 e. The fourth-order valence-corrected chi connectivity index (χ4v) is 3.22. The van der Waals surface area contributed by atoms with Gasteiger partial charge in [-0.1, -0.05) is 12.1 Å². The second-order valence-corrected chi connectivity index (χ2v) is 6.11. The molecule has 2 aromatic rings. The number of hydrogen-bond acceptors (Lipinski definition) is 2. The maximum Gasteiger partial charge on any atom is 0.314 e. The lowest BCUT2D eigenvalue weighted by molar-refractivity contribution is -0.142. The summed E-state index contributed by atoms with van der Waals surface area (Å²) in [5.41, 5.74) is -0.830. The van der Waals surface area contributed by atoms with Gasteiger partial charge in [0, 0.05) is 14.0 Å². The standard InChI is InChI=1S/C12H11BrO2S/c1-12(2,11(14)15)9-6-7-4-3-5-8(13)10(7)16-9/h3-6H,1-2H3,(H,14,15). The van der Waals surface area contributed by atoms with Crippen molar-refractivity contribution in [3.63, 3.8) is 0 Å². The van der Waals surface area contributed by atoms with E-state index in [0.717, 1.165) is 19.4 Å². The lowest BCUT2D eigenvalue weighted by atomic mass is 9.91. The number of carboxylic acids is 1. The van der Waals surface area contributed by atoms with Gasteiger partial charge in [0.05, 0.1) is 5.41 Å². The molecule has 0 saturated carbocycles. The lowest BCUT2D eigenvalue weighted by Crippen LogP contribution is -2.27. The predicted octanol–water partition coefficient (Wildman–Crippen LogP) is 4.03. The first kappa shape index (κ1) is 11.6. The summed E-state index contributed by atoms with van der Waals surface area (Å²) in [6.07, 6.45) is 0. The minimum atomic E-state index is -0.830. The van der Waals surface area contributed by atoms with Crippen molar-refractivity contribution in [2.75, 3.05) is 0 Å². The van der Waals surface area contributed by atoms with Crippen LogP contribution in [0.4, 0.5) is 0 Å². The molecule has 4 heteroatoms. The third kappa shape index (κ3) is 1.76. The van der Waals surface area contributed by atoms with Crippen LogP contribution in [0.15, 0.2) is 28.7 Å². The number of carbonyl (C=O) groups is 1. The molecule has 1 aromatic heterocycles. The van der Waals surface area contributed by atoms with E-state index in [9.17, 15) is 9.90 Å². The normalized spacial score (nSPS) is 11.9. The van der Waals surface area contributed by atoms with Crippen LogP contribution in [-0.2, 0) is 10.2 Å². The first-order valence-corrected chi connectivity index (χ1v) is 6.46. The summed E-state index contributed by atoms with van der Waals surface area (Å²) in [7, 11) is 0. The van der Waals surface area contributed by atoms with Gasteiger partial charge in [-0.05, 0) is 47.3 Å². The summed E-state index contributed by atoms with van der Waals surface area (Å²) < 4.78 is 2.12. The van der Waals surface area contributed by atoms with Crippen LogP contribution in [0.25, 0.3) is 10.1 Å². The molecule has 0 bridgehead atoms. The summed E-state index contributed by atoms with van der Waals surface area (Å²) in [5.74, 6) is -0.796. The molecule has 84 valence electrons. The van der Waals surface area contributed by atoms with Gasteiger partial charge in [0.1, 0.15) is 0 Å². The molecule has 0 aliphatic rings. The quantitative estimate of drug-likeness (QED) is 0.909. The van der Waals surface area contributed by atoms with Crippen molar-refractivity contribution in [3.05, 3.63) is 33.6 Å². The number of halogens is 1. The highest BCUT2D eigenvalue weighted by molar-refractivity contribution is 9.10. The molecule has 0 aliphatic heterocycles. The van der Waals surface area contributed by atoms with E-state index in [0.29, 0.717) is 0 Å². The molecule has 0 fully saturated rings. The second kappa shape index (κ2) is 3.86. The van der Waals surface area contributed by atoms with E-state index >= 15 is 0 Å². The first-order valence-electron chi connectivity index (χ1n) is 4.85. The SMILES string of the molecule is CC(C)(C(=O)O)c1cc2cccc(Br)c2s1. The Labute approximate surface area is 106 Å². The topological polar surface area (TPSA) is 37.3 Å². The monoisotopic (exact) mass is 298 g/mol. The lowest BCUT2D eigenvalue weighted by Gasteiger charge is -2.16. The number of aliphatic carboxylic acids is 1. The van der Waals surface area contributed by atoms with Crippen LogP contribution in [0.5, 0.6) is 0 Å². The zero-order valence-electron chi connectivity index (χ0n) is 8.95. The second-order valence-electron chi connectivity index (χ2n) is 4.20. The minimum Gasteiger partial charge on any atom is -0.481 e. The molecule has 1 N–H and O–H groups in total. The molecule has 0 unspecified atom stereocenters. The van der Waals surface area contributed by atoms with Crippen LogP contribution in [0.3, 0.4) is 0 Å². The van der Waals surface area contributed by atoms with Crippen molar-refractivity contribution >= 4 is 43.3 Å². The van der Waals surface area contributed by atoms with Gasteiger partial charge >= 0.3 is 5.97 Å². The van der Waals surface area contributed by atoms with E-state index in [1.165, 1.54) is 11.3 Å². The predicted molar refractivity (Wildman–Crippen MR) is 70.2 cm³/mol. The van der Waals surface area contributed by atoms with Gasteiger partial charge in [-0.15, -0.1) is 11.3 Å². The average Bonchev–Trinajstić information content (AvgIpc) is 2.63. The zero-order chi connectivity index (χ0) is 11.9. The summed E-state index contributed by atoms with van der Waals surface area (Å²) in [6.45, 7) is 3.46. The third-order valence-electron chi connectivity index (χ3n) is 2.65.